The molecule has 0 saturated carbocycles. The Balaban J connectivity index is 1.91. The number of rotatable bonds is 4. The van der Waals surface area contributed by atoms with Crippen LogP contribution in [0.1, 0.15) is 11.4 Å². The molecule has 3 aromatic heterocycles. The van der Waals surface area contributed by atoms with Gasteiger partial charge in [0.15, 0.2) is 11.6 Å². The fraction of sp³-hybridized carbons (Fsp3) is 0.0417. The number of pyridine rings is 2. The van der Waals surface area contributed by atoms with Crippen LogP contribution in [0.4, 0.5) is 14.6 Å². The molecular weight excluding hydrogens is 438 g/mol. The number of hydrogen-bond donors (Lipinski definition) is 3. The van der Waals surface area contributed by atoms with E-state index in [1.165, 1.54) is 24.5 Å². The maximum absolute atomic E-state index is 14.9. The van der Waals surface area contributed by atoms with Crippen LogP contribution in [0.15, 0.2) is 59.9 Å². The van der Waals surface area contributed by atoms with E-state index >= 15 is 0 Å². The van der Waals surface area contributed by atoms with Gasteiger partial charge in [0.2, 0.25) is 0 Å². The molecular formula is C24H18F2N8. The van der Waals surface area contributed by atoms with Crippen LogP contribution in [0.3, 0.4) is 0 Å². The maximum atomic E-state index is 14.9. The summed E-state index contributed by atoms with van der Waals surface area (Å²) in [6, 6.07) is 11.4. The fourth-order valence-electron chi connectivity index (χ4n) is 4.09. The fourth-order valence-corrected chi connectivity index (χ4v) is 4.09. The molecule has 0 fully saturated rings. The summed E-state index contributed by atoms with van der Waals surface area (Å²) < 4.78 is 31.2. The molecule has 3 heterocycles. The molecule has 5 N–H and O–H groups in total. The highest BCUT2D eigenvalue weighted by Gasteiger charge is 2.20. The summed E-state index contributed by atoms with van der Waals surface area (Å²) in [5, 5.41) is 7.90. The number of nitrogens with two attached hydrogens (primary N) is 2. The molecule has 0 aliphatic rings. The number of imidazole rings is 1. The van der Waals surface area contributed by atoms with Crippen molar-refractivity contribution in [2.75, 3.05) is 5.73 Å². The minimum atomic E-state index is -0.672. The summed E-state index contributed by atoms with van der Waals surface area (Å²) in [7, 11) is 0. The monoisotopic (exact) mass is 456 g/mol. The van der Waals surface area contributed by atoms with E-state index in [0.717, 1.165) is 6.34 Å². The van der Waals surface area contributed by atoms with Crippen molar-refractivity contribution >= 4 is 39.9 Å². The number of hydrogen-bond acceptors (Lipinski definition) is 5. The van der Waals surface area contributed by atoms with Gasteiger partial charge in [0.25, 0.3) is 0 Å². The van der Waals surface area contributed by atoms with Gasteiger partial charge in [-0.2, -0.15) is 0 Å². The molecule has 0 bridgehead atoms. The van der Waals surface area contributed by atoms with Gasteiger partial charge in [-0.05, 0) is 42.8 Å². The molecule has 8 nitrogen and oxygen atoms in total. The van der Waals surface area contributed by atoms with E-state index in [9.17, 15) is 8.78 Å². The summed E-state index contributed by atoms with van der Waals surface area (Å²) >= 11 is 0. The van der Waals surface area contributed by atoms with Crippen LogP contribution in [-0.4, -0.2) is 31.7 Å². The summed E-state index contributed by atoms with van der Waals surface area (Å²) in [4.78, 5) is 16.5. The third kappa shape index (κ3) is 3.24. The first-order valence-corrected chi connectivity index (χ1v) is 10.2. The van der Waals surface area contributed by atoms with E-state index in [1.807, 2.05) is 4.57 Å². The van der Waals surface area contributed by atoms with Crippen molar-refractivity contribution in [2.24, 2.45) is 10.7 Å². The van der Waals surface area contributed by atoms with Gasteiger partial charge in [-0.3, -0.25) is 15.0 Å². The van der Waals surface area contributed by atoms with Crippen LogP contribution in [0, 0.1) is 24.0 Å². The zero-order chi connectivity index (χ0) is 24.0. The number of para-hydroxylation sites is 1. The lowest BCUT2D eigenvalue weighted by molar-refractivity contribution is 0.631. The van der Waals surface area contributed by atoms with Gasteiger partial charge < -0.3 is 11.5 Å². The first-order chi connectivity index (χ1) is 16.4. The van der Waals surface area contributed by atoms with E-state index in [0.29, 0.717) is 39.1 Å². The summed E-state index contributed by atoms with van der Waals surface area (Å²) in [5.74, 6) is -0.725. The minimum Gasteiger partial charge on any atom is -0.383 e. The molecule has 5 aromatic rings. The summed E-state index contributed by atoms with van der Waals surface area (Å²) in [5.41, 5.74) is 14.9. The number of amidine groups is 1. The Labute approximate surface area is 192 Å². The third-order valence-electron chi connectivity index (χ3n) is 5.57. The Hall–Kier alpha value is -4.73. The molecule has 0 radical (unpaired) electrons. The van der Waals surface area contributed by atoms with E-state index in [1.54, 1.807) is 37.3 Å². The second-order valence-electron chi connectivity index (χ2n) is 7.55. The van der Waals surface area contributed by atoms with Gasteiger partial charge in [0.1, 0.15) is 34.8 Å². The molecule has 10 heteroatoms. The first-order valence-electron chi connectivity index (χ1n) is 10.2. The lowest BCUT2D eigenvalue weighted by Crippen LogP contribution is -2.14. The zero-order valence-electron chi connectivity index (χ0n) is 17.9. The predicted molar refractivity (Wildman–Crippen MR) is 128 cm³/mol. The Morgan fingerprint density at radius 2 is 1.88 bits per heavy atom. The Bertz CT molecular complexity index is 1640. The number of aryl methyl sites for hydroxylation is 1. The molecule has 0 amide bonds. The molecule has 168 valence electrons. The molecule has 0 aliphatic carbocycles. The topological polar surface area (TPSA) is 132 Å². The van der Waals surface area contributed by atoms with Crippen molar-refractivity contribution in [1.82, 2.24) is 19.5 Å². The van der Waals surface area contributed by atoms with Gasteiger partial charge in [-0.25, -0.2) is 23.7 Å². The lowest BCUT2D eigenvalue weighted by atomic mass is 10.0. The van der Waals surface area contributed by atoms with Crippen molar-refractivity contribution in [3.05, 3.63) is 77.9 Å². The van der Waals surface area contributed by atoms with Crippen LogP contribution >= 0.6 is 0 Å². The van der Waals surface area contributed by atoms with Crippen molar-refractivity contribution in [2.45, 2.75) is 6.92 Å². The number of anilines is 1. The zero-order valence-corrected chi connectivity index (χ0v) is 17.9. The highest BCUT2D eigenvalue weighted by Crippen LogP contribution is 2.34. The maximum Gasteiger partial charge on any atom is 0.173 e. The van der Waals surface area contributed by atoms with Gasteiger partial charge in [-0.1, -0.05) is 12.1 Å². The van der Waals surface area contributed by atoms with Gasteiger partial charge >= 0.3 is 0 Å². The van der Waals surface area contributed by atoms with E-state index < -0.39 is 11.6 Å². The minimum absolute atomic E-state index is 0.0413. The second kappa shape index (κ2) is 8.00. The van der Waals surface area contributed by atoms with Gasteiger partial charge in [0.05, 0.1) is 11.2 Å². The predicted octanol–water partition coefficient (Wildman–Crippen LogP) is 4.12. The van der Waals surface area contributed by atoms with E-state index in [2.05, 4.69) is 19.9 Å². The quantitative estimate of drug-likeness (QED) is 0.276. The molecule has 0 atom stereocenters. The number of aromatic nitrogens is 4. The van der Waals surface area contributed by atoms with Crippen LogP contribution < -0.4 is 11.5 Å². The molecule has 0 unspecified atom stereocenters. The molecule has 2 aromatic carbocycles. The number of aliphatic imine (C=N–C) groups is 1. The second-order valence-corrected chi connectivity index (χ2v) is 7.55. The van der Waals surface area contributed by atoms with Crippen LogP contribution in [0.2, 0.25) is 0 Å². The number of fused-ring (bicyclic) bond motifs is 2. The highest BCUT2D eigenvalue weighted by atomic mass is 19.1. The number of nitrogens with zero attached hydrogens (tertiary/aromatic N) is 5. The molecule has 34 heavy (non-hydrogen) atoms. The number of benzene rings is 2. The van der Waals surface area contributed by atoms with Crippen LogP contribution in [-0.2, 0) is 0 Å². The molecule has 0 spiro atoms. The lowest BCUT2D eigenvalue weighted by Gasteiger charge is -2.13. The van der Waals surface area contributed by atoms with Crippen LogP contribution in [0.5, 0.6) is 0 Å². The smallest absolute Gasteiger partial charge is 0.173 e. The third-order valence-corrected chi connectivity index (χ3v) is 5.57. The molecule has 0 aliphatic heterocycles. The van der Waals surface area contributed by atoms with E-state index in [-0.39, 0.29) is 22.7 Å². The number of nitrogen functional groups attached to an aromatic ring is 1. The molecule has 5 rings (SSSR count). The van der Waals surface area contributed by atoms with Gasteiger partial charge in [-0.15, -0.1) is 0 Å². The SMILES string of the molecule is Cc1nc2c(C(N)=NC=N)cc(-c3ccnc(N)c3F)cc2n1-c1ccnc2c(F)cccc12. The van der Waals surface area contributed by atoms with Crippen molar-refractivity contribution in [3.8, 4) is 16.8 Å². The summed E-state index contributed by atoms with van der Waals surface area (Å²) in [6.45, 7) is 1.80. The van der Waals surface area contributed by atoms with Crippen LogP contribution in [0.25, 0.3) is 38.8 Å². The van der Waals surface area contributed by atoms with Crippen molar-refractivity contribution in [3.63, 3.8) is 0 Å². The normalized spacial score (nSPS) is 11.9. The first kappa shape index (κ1) is 21.1. The van der Waals surface area contributed by atoms with E-state index in [4.69, 9.17) is 16.9 Å². The largest absolute Gasteiger partial charge is 0.383 e. The Morgan fingerprint density at radius 3 is 2.68 bits per heavy atom. The summed E-state index contributed by atoms with van der Waals surface area (Å²) in [6.07, 6.45) is 3.75. The van der Waals surface area contributed by atoms with Gasteiger partial charge in [0, 0.05) is 28.9 Å². The average Bonchev–Trinajstić information content (AvgIpc) is 3.16. The Kier molecular flexibility index (Phi) is 4.97. The van der Waals surface area contributed by atoms with Crippen molar-refractivity contribution in [1.29, 1.82) is 5.41 Å². The highest BCUT2D eigenvalue weighted by molar-refractivity contribution is 6.11. The number of halogens is 2. The average molecular weight is 456 g/mol. The van der Waals surface area contributed by atoms with Crippen molar-refractivity contribution < 1.29 is 8.78 Å². The Morgan fingerprint density at radius 1 is 1.09 bits per heavy atom. The standard InChI is InChI=1S/C24H18F2N8/c1-12-33-22-16(23(28)32-11-27)9-13(14-5-7-31-24(29)20(14)26)10-19(22)34(12)18-6-8-30-21-15(18)3-2-4-17(21)25/h2-11H,1H3,(H2,29,31)(H3,27,28,32). The number of nitrogens with one attached hydrogen (secondary N) is 1. The molecule has 0 saturated heterocycles.